The summed E-state index contributed by atoms with van der Waals surface area (Å²) in [5.74, 6) is -0.438. The average molecular weight is 404 g/mol. The van der Waals surface area contributed by atoms with Gasteiger partial charge in [0, 0.05) is 18.8 Å². The summed E-state index contributed by atoms with van der Waals surface area (Å²) in [6.45, 7) is 5.32. The monoisotopic (exact) mass is 403 g/mol. The number of rotatable bonds is 7. The van der Waals surface area contributed by atoms with Gasteiger partial charge in [-0.05, 0) is 55.0 Å². The maximum absolute atomic E-state index is 12.9. The summed E-state index contributed by atoms with van der Waals surface area (Å²) in [6, 6.07) is 12.7. The van der Waals surface area contributed by atoms with E-state index in [0.717, 1.165) is 31.6 Å². The lowest BCUT2D eigenvalue weighted by Crippen LogP contribution is -2.36. The van der Waals surface area contributed by atoms with Gasteiger partial charge in [-0.3, -0.25) is 0 Å². The molecule has 1 heterocycles. The van der Waals surface area contributed by atoms with E-state index in [0.29, 0.717) is 25.4 Å². The van der Waals surface area contributed by atoms with Crippen LogP contribution in [0.25, 0.3) is 0 Å². The van der Waals surface area contributed by atoms with Gasteiger partial charge in [0.25, 0.3) is 0 Å². The highest BCUT2D eigenvalue weighted by Gasteiger charge is 2.19. The minimum absolute atomic E-state index is 0.150. The number of carbonyl (C=O) groups is 1. The van der Waals surface area contributed by atoms with Crippen molar-refractivity contribution in [2.75, 3.05) is 37.8 Å². The lowest BCUT2D eigenvalue weighted by Gasteiger charge is -2.28. The largest absolute Gasteiger partial charge is 0.462 e. The molecule has 2 aromatic carbocycles. The van der Waals surface area contributed by atoms with E-state index < -0.39 is 15.8 Å². The molecule has 2 aromatic rings. The van der Waals surface area contributed by atoms with E-state index in [4.69, 9.17) is 9.47 Å². The molecule has 0 aromatic heterocycles. The van der Waals surface area contributed by atoms with Crippen LogP contribution in [0.15, 0.2) is 58.3 Å². The van der Waals surface area contributed by atoms with Crippen LogP contribution in [0.2, 0.25) is 0 Å². The number of anilines is 1. The van der Waals surface area contributed by atoms with Gasteiger partial charge >= 0.3 is 5.97 Å². The summed E-state index contributed by atoms with van der Waals surface area (Å²) in [5.41, 5.74) is 1.32. The lowest BCUT2D eigenvalue weighted by molar-refractivity contribution is 0.0499. The Morgan fingerprint density at radius 3 is 2.14 bits per heavy atom. The predicted octanol–water partition coefficient (Wildman–Crippen LogP) is 3.31. The molecule has 6 nitrogen and oxygen atoms in total. The van der Waals surface area contributed by atoms with Gasteiger partial charge in [0.05, 0.1) is 35.2 Å². The van der Waals surface area contributed by atoms with Gasteiger partial charge in [-0.15, -0.1) is 0 Å². The first-order valence-electron chi connectivity index (χ1n) is 9.47. The quantitative estimate of drug-likeness (QED) is 0.522. The zero-order valence-electron chi connectivity index (χ0n) is 16.0. The number of nitrogens with zero attached hydrogens (tertiary/aromatic N) is 1. The van der Waals surface area contributed by atoms with Gasteiger partial charge in [0.1, 0.15) is 0 Å². The van der Waals surface area contributed by atoms with Crippen LogP contribution in [-0.4, -0.2) is 47.3 Å². The second kappa shape index (κ2) is 9.21. The van der Waals surface area contributed by atoms with E-state index in [-0.39, 0.29) is 9.79 Å². The molecular weight excluding hydrogens is 378 g/mol. The normalized spacial score (nSPS) is 14.7. The second-order valence-corrected chi connectivity index (χ2v) is 8.56. The van der Waals surface area contributed by atoms with Crippen LogP contribution in [-0.2, 0) is 19.3 Å². The molecule has 1 fully saturated rings. The third-order valence-corrected chi connectivity index (χ3v) is 6.44. The summed E-state index contributed by atoms with van der Waals surface area (Å²) in [7, 11) is -3.65. The van der Waals surface area contributed by atoms with Crippen LogP contribution < -0.4 is 4.90 Å². The molecular formula is C21H25NO5S. The number of sulfone groups is 1. The molecule has 1 aliphatic rings. The maximum Gasteiger partial charge on any atom is 0.338 e. The molecule has 0 bridgehead atoms. The van der Waals surface area contributed by atoms with E-state index in [2.05, 4.69) is 4.90 Å². The molecule has 0 atom stereocenters. The number of ether oxygens (including phenoxy) is 2. The summed E-state index contributed by atoms with van der Waals surface area (Å²) in [4.78, 5) is 14.5. The number of hydrogen-bond acceptors (Lipinski definition) is 6. The molecule has 1 saturated heterocycles. The number of morpholine rings is 1. The molecule has 3 rings (SSSR count). The summed E-state index contributed by atoms with van der Waals surface area (Å²) < 4.78 is 36.2. The van der Waals surface area contributed by atoms with Gasteiger partial charge in [0.15, 0.2) is 0 Å². The third-order valence-electron chi connectivity index (χ3n) is 4.65. The fourth-order valence-electron chi connectivity index (χ4n) is 2.96. The second-order valence-electron chi connectivity index (χ2n) is 6.61. The molecule has 0 spiro atoms. The standard InChI is InChI=1S/C21H25NO5S/c1-2-3-14-27-21(23)17-4-8-19(9-5-17)28(24,25)20-10-6-18(7-11-20)22-12-15-26-16-13-22/h4-11H,2-3,12-16H2,1H3. The zero-order valence-corrected chi connectivity index (χ0v) is 16.8. The SMILES string of the molecule is CCCCOC(=O)c1ccc(S(=O)(=O)c2ccc(N3CCOCC3)cc2)cc1. The van der Waals surface area contributed by atoms with Gasteiger partial charge in [-0.1, -0.05) is 13.3 Å². The minimum atomic E-state index is -3.65. The molecule has 150 valence electrons. The Labute approximate surface area is 166 Å². The molecule has 7 heteroatoms. The molecule has 0 unspecified atom stereocenters. The van der Waals surface area contributed by atoms with Crippen LogP contribution in [0.1, 0.15) is 30.1 Å². The molecule has 0 radical (unpaired) electrons. The van der Waals surface area contributed by atoms with Crippen molar-refractivity contribution in [3.63, 3.8) is 0 Å². The number of benzene rings is 2. The Balaban J connectivity index is 1.72. The first kappa shape index (κ1) is 20.4. The van der Waals surface area contributed by atoms with E-state index in [9.17, 15) is 13.2 Å². The van der Waals surface area contributed by atoms with E-state index >= 15 is 0 Å². The zero-order chi connectivity index (χ0) is 20.0. The van der Waals surface area contributed by atoms with Crippen molar-refractivity contribution in [2.45, 2.75) is 29.6 Å². The molecule has 0 amide bonds. The van der Waals surface area contributed by atoms with Crippen LogP contribution >= 0.6 is 0 Å². The third kappa shape index (κ3) is 4.72. The highest BCUT2D eigenvalue weighted by atomic mass is 32.2. The van der Waals surface area contributed by atoms with E-state index in [1.54, 1.807) is 12.1 Å². The summed E-state index contributed by atoms with van der Waals surface area (Å²) in [5, 5.41) is 0. The van der Waals surface area contributed by atoms with Crippen LogP contribution in [0, 0.1) is 0 Å². The van der Waals surface area contributed by atoms with Gasteiger partial charge in [-0.2, -0.15) is 0 Å². The topological polar surface area (TPSA) is 72.9 Å². The Bertz CT molecular complexity index is 885. The van der Waals surface area contributed by atoms with Gasteiger partial charge < -0.3 is 14.4 Å². The first-order valence-corrected chi connectivity index (χ1v) is 11.0. The van der Waals surface area contributed by atoms with Crippen molar-refractivity contribution >= 4 is 21.5 Å². The molecule has 0 saturated carbocycles. The minimum Gasteiger partial charge on any atom is -0.462 e. The molecule has 0 aliphatic carbocycles. The lowest BCUT2D eigenvalue weighted by atomic mass is 10.2. The molecule has 1 aliphatic heterocycles. The maximum atomic E-state index is 12.9. The van der Waals surface area contributed by atoms with Gasteiger partial charge in [0.2, 0.25) is 9.84 Å². The summed E-state index contributed by atoms with van der Waals surface area (Å²) >= 11 is 0. The number of carbonyl (C=O) groups excluding carboxylic acids is 1. The summed E-state index contributed by atoms with van der Waals surface area (Å²) in [6.07, 6.45) is 1.74. The number of unbranched alkanes of at least 4 members (excludes halogenated alkanes) is 1. The Morgan fingerprint density at radius 1 is 1.00 bits per heavy atom. The number of hydrogen-bond donors (Lipinski definition) is 0. The Morgan fingerprint density at radius 2 is 1.57 bits per heavy atom. The smallest absolute Gasteiger partial charge is 0.338 e. The highest BCUT2D eigenvalue weighted by molar-refractivity contribution is 7.91. The van der Waals surface area contributed by atoms with E-state index in [1.165, 1.54) is 24.3 Å². The first-order chi connectivity index (χ1) is 13.5. The fourth-order valence-corrected chi connectivity index (χ4v) is 4.22. The van der Waals surface area contributed by atoms with Crippen molar-refractivity contribution in [2.24, 2.45) is 0 Å². The highest BCUT2D eigenvalue weighted by Crippen LogP contribution is 2.24. The van der Waals surface area contributed by atoms with Crippen LogP contribution in [0.4, 0.5) is 5.69 Å². The van der Waals surface area contributed by atoms with Crippen molar-refractivity contribution in [1.82, 2.24) is 0 Å². The van der Waals surface area contributed by atoms with E-state index in [1.807, 2.05) is 19.1 Å². The molecule has 28 heavy (non-hydrogen) atoms. The van der Waals surface area contributed by atoms with Crippen LogP contribution in [0.3, 0.4) is 0 Å². The predicted molar refractivity (Wildman–Crippen MR) is 107 cm³/mol. The van der Waals surface area contributed by atoms with Crippen molar-refractivity contribution in [1.29, 1.82) is 0 Å². The van der Waals surface area contributed by atoms with Crippen LogP contribution in [0.5, 0.6) is 0 Å². The average Bonchev–Trinajstić information content (AvgIpc) is 2.74. The Kier molecular flexibility index (Phi) is 6.70. The fraction of sp³-hybridized carbons (Fsp3) is 0.381. The van der Waals surface area contributed by atoms with Crippen molar-refractivity contribution < 1.29 is 22.7 Å². The van der Waals surface area contributed by atoms with Crippen molar-refractivity contribution in [3.8, 4) is 0 Å². The molecule has 0 N–H and O–H groups in total. The number of esters is 1. The van der Waals surface area contributed by atoms with Gasteiger partial charge in [-0.25, -0.2) is 13.2 Å². The van der Waals surface area contributed by atoms with Crippen molar-refractivity contribution in [3.05, 3.63) is 54.1 Å². The Hall–Kier alpha value is -2.38.